The van der Waals surface area contributed by atoms with Crippen LogP contribution in [0.15, 0.2) is 30.5 Å². The van der Waals surface area contributed by atoms with Gasteiger partial charge in [0.05, 0.1) is 6.20 Å². The summed E-state index contributed by atoms with van der Waals surface area (Å²) in [6.45, 7) is -1.77. The van der Waals surface area contributed by atoms with Crippen LogP contribution >= 0.6 is 0 Å². The maximum atomic E-state index is 13.2. The molecule has 1 fully saturated rings. The van der Waals surface area contributed by atoms with Gasteiger partial charge in [-0.1, -0.05) is 0 Å². The summed E-state index contributed by atoms with van der Waals surface area (Å²) in [7, 11) is 0. The van der Waals surface area contributed by atoms with Crippen molar-refractivity contribution in [2.45, 2.75) is 50.3 Å². The Bertz CT molecular complexity index is 785. The number of nitrogens with one attached hydrogen (secondary N) is 1. The Morgan fingerprint density at radius 3 is 2.59 bits per heavy atom. The Morgan fingerprint density at radius 1 is 1.19 bits per heavy atom. The van der Waals surface area contributed by atoms with Gasteiger partial charge in [0.1, 0.15) is 19.1 Å². The lowest BCUT2D eigenvalue weighted by atomic mass is 9.92. The fourth-order valence-corrected chi connectivity index (χ4v) is 3.74. The van der Waals surface area contributed by atoms with E-state index in [0.29, 0.717) is 17.4 Å². The number of ether oxygens (including phenoxy) is 1. The van der Waals surface area contributed by atoms with Crippen LogP contribution in [0.25, 0.3) is 0 Å². The van der Waals surface area contributed by atoms with Crippen molar-refractivity contribution >= 4 is 5.91 Å². The van der Waals surface area contributed by atoms with Crippen LogP contribution in [-0.2, 0) is 12.8 Å². The van der Waals surface area contributed by atoms with E-state index in [9.17, 15) is 13.6 Å². The molecule has 1 N–H and O–H groups in total. The maximum Gasteiger partial charge on any atom is 0.254 e. The molecule has 27 heavy (non-hydrogen) atoms. The van der Waals surface area contributed by atoms with E-state index in [-0.39, 0.29) is 11.9 Å². The first-order valence-electron chi connectivity index (χ1n) is 9.42. The number of hydrogen-bond acceptors (Lipinski definition) is 3. The van der Waals surface area contributed by atoms with Gasteiger partial charge in [0, 0.05) is 23.3 Å². The molecule has 4 rings (SSSR count). The van der Waals surface area contributed by atoms with Crippen molar-refractivity contribution in [2.24, 2.45) is 0 Å². The summed E-state index contributed by atoms with van der Waals surface area (Å²) in [5.41, 5.74) is 2.94. The summed E-state index contributed by atoms with van der Waals surface area (Å²) in [5, 5.41) is 7.15. The van der Waals surface area contributed by atoms with Gasteiger partial charge >= 0.3 is 0 Å². The Labute approximate surface area is 156 Å². The Morgan fingerprint density at radius 2 is 1.93 bits per heavy atom. The fourth-order valence-electron chi connectivity index (χ4n) is 3.74. The zero-order valence-electron chi connectivity index (χ0n) is 15.0. The second kappa shape index (κ2) is 7.66. The van der Waals surface area contributed by atoms with E-state index in [1.807, 2.05) is 11.1 Å². The van der Waals surface area contributed by atoms with Gasteiger partial charge in [-0.3, -0.25) is 9.89 Å². The lowest BCUT2D eigenvalue weighted by molar-refractivity contribution is 0.0642. The van der Waals surface area contributed by atoms with E-state index in [2.05, 4.69) is 10.2 Å². The highest BCUT2D eigenvalue weighted by molar-refractivity contribution is 5.95. The summed E-state index contributed by atoms with van der Waals surface area (Å²) in [4.78, 5) is 15.2. The minimum atomic E-state index is -1.10. The third-order valence-electron chi connectivity index (χ3n) is 5.31. The second-order valence-corrected chi connectivity index (χ2v) is 7.29. The third-order valence-corrected chi connectivity index (χ3v) is 5.31. The van der Waals surface area contributed by atoms with Crippen molar-refractivity contribution in [3.8, 4) is 5.75 Å². The molecule has 0 saturated heterocycles. The number of carbonyl (C=O) groups is 1. The number of rotatable bonds is 7. The Kier molecular flexibility index (Phi) is 5.09. The van der Waals surface area contributed by atoms with Gasteiger partial charge in [-0.15, -0.1) is 0 Å². The number of carbonyl (C=O) groups excluding carboxylic acids is 1. The average Bonchev–Trinajstić information content (AvgIpc) is 3.42. The predicted molar refractivity (Wildman–Crippen MR) is 96.4 cm³/mol. The number of hydrogen-bond donors (Lipinski definition) is 1. The van der Waals surface area contributed by atoms with Crippen LogP contribution < -0.4 is 4.74 Å². The van der Waals surface area contributed by atoms with Gasteiger partial charge < -0.3 is 9.64 Å². The SMILES string of the molecule is O=C(c1ccc(OC(CF)CF)cc1)N(C1CC1)C1CCc2[nH]ncc2C1. The number of aromatic nitrogens is 2. The number of aromatic amines is 1. The van der Waals surface area contributed by atoms with Gasteiger partial charge in [0.2, 0.25) is 0 Å². The van der Waals surface area contributed by atoms with Gasteiger partial charge in [-0.25, -0.2) is 8.78 Å². The summed E-state index contributed by atoms with van der Waals surface area (Å²) < 4.78 is 30.4. The summed E-state index contributed by atoms with van der Waals surface area (Å²) in [6, 6.07) is 7.03. The molecule has 0 radical (unpaired) electrons. The normalized spacial score (nSPS) is 19.0. The van der Waals surface area contributed by atoms with E-state index < -0.39 is 19.5 Å². The topological polar surface area (TPSA) is 58.2 Å². The average molecular weight is 375 g/mol. The van der Waals surface area contributed by atoms with Gasteiger partial charge in [0.15, 0.2) is 6.10 Å². The van der Waals surface area contributed by atoms with E-state index in [0.717, 1.165) is 32.1 Å². The number of halogens is 2. The lowest BCUT2D eigenvalue weighted by Gasteiger charge is -2.34. The number of benzene rings is 1. The van der Waals surface area contributed by atoms with Crippen molar-refractivity contribution in [3.63, 3.8) is 0 Å². The van der Waals surface area contributed by atoms with Gasteiger partial charge in [-0.2, -0.15) is 5.10 Å². The van der Waals surface area contributed by atoms with Crippen molar-refractivity contribution in [2.75, 3.05) is 13.3 Å². The molecule has 0 aliphatic heterocycles. The molecule has 0 bridgehead atoms. The molecule has 2 aliphatic carbocycles. The zero-order chi connectivity index (χ0) is 18.8. The molecular formula is C20H23F2N3O2. The zero-order valence-corrected chi connectivity index (χ0v) is 15.0. The molecule has 1 aromatic carbocycles. The van der Waals surface area contributed by atoms with Crippen LogP contribution in [0.4, 0.5) is 8.78 Å². The predicted octanol–water partition coefficient (Wildman–Crippen LogP) is 3.26. The van der Waals surface area contributed by atoms with E-state index in [4.69, 9.17) is 4.74 Å². The number of fused-ring (bicyclic) bond motifs is 1. The number of aryl methyl sites for hydroxylation is 1. The van der Waals surface area contributed by atoms with Crippen LogP contribution in [0.3, 0.4) is 0 Å². The van der Waals surface area contributed by atoms with Crippen molar-refractivity contribution in [1.82, 2.24) is 15.1 Å². The molecule has 7 heteroatoms. The summed E-state index contributed by atoms with van der Waals surface area (Å²) >= 11 is 0. The van der Waals surface area contributed by atoms with Crippen LogP contribution in [0.5, 0.6) is 5.75 Å². The fraction of sp³-hybridized carbons (Fsp3) is 0.500. The first kappa shape index (κ1) is 17.9. The quantitative estimate of drug-likeness (QED) is 0.808. The van der Waals surface area contributed by atoms with E-state index in [1.165, 1.54) is 11.3 Å². The van der Waals surface area contributed by atoms with Crippen LogP contribution in [-0.4, -0.2) is 52.5 Å². The smallest absolute Gasteiger partial charge is 0.254 e. The molecule has 1 heterocycles. The number of nitrogens with zero attached hydrogens (tertiary/aromatic N) is 2. The summed E-state index contributed by atoms with van der Waals surface area (Å²) in [6.07, 6.45) is 5.48. The highest BCUT2D eigenvalue weighted by Crippen LogP contribution is 2.34. The molecule has 0 spiro atoms. The Hall–Kier alpha value is -2.44. The van der Waals surface area contributed by atoms with Gasteiger partial charge in [-0.05, 0) is 61.9 Å². The monoisotopic (exact) mass is 375 g/mol. The molecule has 1 aromatic heterocycles. The lowest BCUT2D eigenvalue weighted by Crippen LogP contribution is -2.44. The van der Waals surface area contributed by atoms with Crippen molar-refractivity contribution in [3.05, 3.63) is 47.3 Å². The molecule has 1 amide bonds. The van der Waals surface area contributed by atoms with E-state index in [1.54, 1.807) is 24.3 Å². The molecule has 1 saturated carbocycles. The van der Waals surface area contributed by atoms with Crippen LogP contribution in [0, 0.1) is 0 Å². The van der Waals surface area contributed by atoms with Gasteiger partial charge in [0.25, 0.3) is 5.91 Å². The third kappa shape index (κ3) is 3.82. The van der Waals surface area contributed by atoms with Crippen LogP contribution in [0.1, 0.15) is 40.9 Å². The first-order chi connectivity index (χ1) is 13.2. The molecule has 2 aromatic rings. The standard InChI is InChI=1S/C20H23F2N3O2/c21-10-18(11-22)27-17-6-1-13(2-7-17)20(26)25(15-3-4-15)16-5-8-19-14(9-16)12-23-24-19/h1-2,6-7,12,15-16,18H,3-5,8-11H2,(H,23,24). The second-order valence-electron chi connectivity index (χ2n) is 7.29. The van der Waals surface area contributed by atoms with Crippen LogP contribution in [0.2, 0.25) is 0 Å². The number of H-pyrrole nitrogens is 1. The molecule has 1 unspecified atom stereocenters. The Balaban J connectivity index is 1.48. The summed E-state index contributed by atoms with van der Waals surface area (Å²) in [5.74, 6) is 0.374. The van der Waals surface area contributed by atoms with Crippen molar-refractivity contribution in [1.29, 1.82) is 0 Å². The maximum absolute atomic E-state index is 13.2. The highest BCUT2D eigenvalue weighted by Gasteiger charge is 2.39. The number of amides is 1. The molecule has 1 atom stereocenters. The number of alkyl halides is 2. The van der Waals surface area contributed by atoms with Crippen molar-refractivity contribution < 1.29 is 18.3 Å². The minimum absolute atomic E-state index is 0.00790. The first-order valence-corrected chi connectivity index (χ1v) is 9.42. The van der Waals surface area contributed by atoms with E-state index >= 15 is 0 Å². The molecule has 2 aliphatic rings. The highest BCUT2D eigenvalue weighted by atomic mass is 19.1. The largest absolute Gasteiger partial charge is 0.485 e. The minimum Gasteiger partial charge on any atom is -0.485 e. The molecule has 144 valence electrons. The molecule has 5 nitrogen and oxygen atoms in total. The molecular weight excluding hydrogens is 352 g/mol.